The third-order valence-corrected chi connectivity index (χ3v) is 3.29. The largest absolute Gasteiger partial charge is 0.507 e. The molecule has 0 saturated carbocycles. The molecule has 0 saturated heterocycles. The van der Waals surface area contributed by atoms with Crippen molar-refractivity contribution in [2.75, 3.05) is 0 Å². The van der Waals surface area contributed by atoms with Crippen LogP contribution >= 0.6 is 15.9 Å². The van der Waals surface area contributed by atoms with Crippen molar-refractivity contribution in [1.82, 2.24) is 0 Å². The number of phenolic OH excluding ortho intramolecular Hbond substituents is 1. The fourth-order valence-electron chi connectivity index (χ4n) is 1.47. The van der Waals surface area contributed by atoms with Crippen molar-refractivity contribution < 1.29 is 9.90 Å². The second-order valence-corrected chi connectivity index (χ2v) is 5.52. The maximum Gasteiger partial charge on any atom is 0.154 e. The zero-order valence-electron chi connectivity index (χ0n) is 9.39. The topological polar surface area (TPSA) is 37.3 Å². The Morgan fingerprint density at radius 2 is 1.93 bits per heavy atom. The van der Waals surface area contributed by atoms with Crippen molar-refractivity contribution in [3.05, 3.63) is 27.2 Å². The van der Waals surface area contributed by atoms with Crippen molar-refractivity contribution >= 4 is 22.2 Å². The molecular weight excluding hydrogens is 256 g/mol. The number of benzene rings is 1. The monoisotopic (exact) mass is 270 g/mol. The zero-order chi connectivity index (χ0) is 11.8. The van der Waals surface area contributed by atoms with Crippen LogP contribution in [-0.4, -0.2) is 11.4 Å². The molecule has 2 nitrogen and oxygen atoms in total. The maximum absolute atomic E-state index is 10.9. The molecule has 0 unspecified atom stereocenters. The average molecular weight is 271 g/mol. The fourth-order valence-corrected chi connectivity index (χ4v) is 1.91. The van der Waals surface area contributed by atoms with Gasteiger partial charge < -0.3 is 5.11 Å². The van der Waals surface area contributed by atoms with Crippen LogP contribution in [0.2, 0.25) is 0 Å². The van der Waals surface area contributed by atoms with Crippen molar-refractivity contribution in [2.24, 2.45) is 0 Å². The number of aromatic hydroxyl groups is 1. The Bertz CT molecular complexity index is 403. The average Bonchev–Trinajstić information content (AvgIpc) is 2.10. The lowest BCUT2D eigenvalue weighted by Crippen LogP contribution is -2.12. The van der Waals surface area contributed by atoms with Gasteiger partial charge in [0.2, 0.25) is 0 Å². The summed E-state index contributed by atoms with van der Waals surface area (Å²) in [5, 5.41) is 9.98. The van der Waals surface area contributed by atoms with Crippen LogP contribution in [0, 0.1) is 6.92 Å². The standard InChI is InChI=1S/C12H15BrO2/c1-7-8(6-14)11(15)9(5-10(7)13)12(2,3)4/h5-6,15H,1-4H3. The Labute approximate surface area is 98.4 Å². The van der Waals surface area contributed by atoms with E-state index in [2.05, 4.69) is 15.9 Å². The van der Waals surface area contributed by atoms with Gasteiger partial charge in [0.05, 0.1) is 5.56 Å². The molecule has 0 spiro atoms. The Balaban J connectivity index is 3.58. The van der Waals surface area contributed by atoms with E-state index in [9.17, 15) is 9.90 Å². The molecule has 0 radical (unpaired) electrons. The molecule has 0 fully saturated rings. The van der Waals surface area contributed by atoms with E-state index in [1.165, 1.54) is 0 Å². The summed E-state index contributed by atoms with van der Waals surface area (Å²) in [7, 11) is 0. The van der Waals surface area contributed by atoms with Crippen LogP contribution in [0.5, 0.6) is 5.75 Å². The molecular formula is C12H15BrO2. The van der Waals surface area contributed by atoms with Gasteiger partial charge in [-0.15, -0.1) is 0 Å². The highest BCUT2D eigenvalue weighted by atomic mass is 79.9. The minimum absolute atomic E-state index is 0.0956. The normalized spacial score (nSPS) is 11.5. The first kappa shape index (κ1) is 12.2. The van der Waals surface area contributed by atoms with E-state index in [4.69, 9.17) is 0 Å². The van der Waals surface area contributed by atoms with Crippen LogP contribution in [0.1, 0.15) is 42.3 Å². The highest BCUT2D eigenvalue weighted by molar-refractivity contribution is 9.10. The first-order valence-electron chi connectivity index (χ1n) is 4.76. The predicted molar refractivity (Wildman–Crippen MR) is 64.6 cm³/mol. The molecule has 1 N–H and O–H groups in total. The van der Waals surface area contributed by atoms with Crippen LogP contribution in [0.3, 0.4) is 0 Å². The van der Waals surface area contributed by atoms with E-state index in [1.54, 1.807) is 6.92 Å². The highest BCUT2D eigenvalue weighted by Gasteiger charge is 2.22. The van der Waals surface area contributed by atoms with Crippen molar-refractivity contribution in [3.8, 4) is 5.75 Å². The predicted octanol–water partition coefficient (Wildman–Crippen LogP) is 3.57. The summed E-state index contributed by atoms with van der Waals surface area (Å²) < 4.78 is 0.854. The van der Waals surface area contributed by atoms with Gasteiger partial charge in [-0.2, -0.15) is 0 Å². The number of aldehydes is 1. The second-order valence-electron chi connectivity index (χ2n) is 4.66. The summed E-state index contributed by atoms with van der Waals surface area (Å²) in [6.45, 7) is 7.80. The van der Waals surface area contributed by atoms with Crippen molar-refractivity contribution in [2.45, 2.75) is 33.1 Å². The SMILES string of the molecule is Cc1c(Br)cc(C(C)(C)C)c(O)c1C=O. The number of hydrogen-bond acceptors (Lipinski definition) is 2. The van der Waals surface area contributed by atoms with Gasteiger partial charge in [-0.05, 0) is 24.0 Å². The van der Waals surface area contributed by atoms with Gasteiger partial charge in [-0.3, -0.25) is 4.79 Å². The molecule has 0 aromatic heterocycles. The number of carbonyl (C=O) groups is 1. The third-order valence-electron chi connectivity index (χ3n) is 2.47. The van der Waals surface area contributed by atoms with Crippen molar-refractivity contribution in [3.63, 3.8) is 0 Å². The van der Waals surface area contributed by atoms with Gasteiger partial charge in [0.15, 0.2) is 6.29 Å². The number of hydrogen-bond donors (Lipinski definition) is 1. The number of phenols is 1. The lowest BCUT2D eigenvalue weighted by molar-refractivity contribution is 0.112. The van der Waals surface area contributed by atoms with Gasteiger partial charge >= 0.3 is 0 Å². The van der Waals surface area contributed by atoms with Crippen LogP contribution in [-0.2, 0) is 5.41 Å². The molecule has 15 heavy (non-hydrogen) atoms. The minimum atomic E-state index is -0.182. The molecule has 3 heteroatoms. The van der Waals surface area contributed by atoms with Crippen LogP contribution in [0.25, 0.3) is 0 Å². The molecule has 1 aromatic rings. The van der Waals surface area contributed by atoms with Gasteiger partial charge in [0, 0.05) is 10.0 Å². The molecule has 0 aliphatic carbocycles. The number of halogens is 1. The lowest BCUT2D eigenvalue weighted by atomic mass is 9.84. The third kappa shape index (κ3) is 2.23. The molecule has 0 amide bonds. The second kappa shape index (κ2) is 3.97. The van der Waals surface area contributed by atoms with Gasteiger partial charge in [0.25, 0.3) is 0 Å². The van der Waals surface area contributed by atoms with Gasteiger partial charge in [0.1, 0.15) is 5.75 Å². The quantitative estimate of drug-likeness (QED) is 0.793. The van der Waals surface area contributed by atoms with E-state index < -0.39 is 0 Å². The fraction of sp³-hybridized carbons (Fsp3) is 0.417. The molecule has 0 bridgehead atoms. The van der Waals surface area contributed by atoms with Crippen LogP contribution in [0.4, 0.5) is 0 Å². The first-order valence-corrected chi connectivity index (χ1v) is 5.56. The Hall–Kier alpha value is -0.830. The molecule has 0 aliphatic rings. The van der Waals surface area contributed by atoms with E-state index >= 15 is 0 Å². The zero-order valence-corrected chi connectivity index (χ0v) is 11.0. The number of rotatable bonds is 1. The highest BCUT2D eigenvalue weighted by Crippen LogP contribution is 2.37. The Morgan fingerprint density at radius 1 is 1.40 bits per heavy atom. The molecule has 0 atom stereocenters. The van der Waals surface area contributed by atoms with E-state index in [1.807, 2.05) is 26.8 Å². The van der Waals surface area contributed by atoms with E-state index in [-0.39, 0.29) is 11.2 Å². The molecule has 1 rings (SSSR count). The summed E-state index contributed by atoms with van der Waals surface area (Å²) in [6.07, 6.45) is 0.699. The summed E-state index contributed by atoms with van der Waals surface area (Å²) in [5.41, 5.74) is 1.74. The van der Waals surface area contributed by atoms with E-state index in [0.29, 0.717) is 11.8 Å². The molecule has 0 aliphatic heterocycles. The Morgan fingerprint density at radius 3 is 2.33 bits per heavy atom. The molecule has 0 heterocycles. The first-order chi connectivity index (χ1) is 6.79. The van der Waals surface area contributed by atoms with E-state index in [0.717, 1.165) is 15.6 Å². The van der Waals surface area contributed by atoms with Crippen molar-refractivity contribution in [1.29, 1.82) is 0 Å². The van der Waals surface area contributed by atoms with Crippen LogP contribution < -0.4 is 0 Å². The smallest absolute Gasteiger partial charge is 0.154 e. The summed E-state index contributed by atoms with van der Waals surface area (Å²) in [6, 6.07) is 1.87. The van der Waals surface area contributed by atoms with Crippen LogP contribution in [0.15, 0.2) is 10.5 Å². The molecule has 82 valence electrons. The summed E-state index contributed by atoms with van der Waals surface area (Å²) >= 11 is 3.39. The number of carbonyl (C=O) groups excluding carboxylic acids is 1. The minimum Gasteiger partial charge on any atom is -0.507 e. The lowest BCUT2D eigenvalue weighted by Gasteiger charge is -2.22. The maximum atomic E-state index is 10.9. The van der Waals surface area contributed by atoms with Gasteiger partial charge in [-0.1, -0.05) is 36.7 Å². The summed E-state index contributed by atoms with van der Waals surface area (Å²) in [5.74, 6) is 0.0956. The van der Waals surface area contributed by atoms with Gasteiger partial charge in [-0.25, -0.2) is 0 Å². The Kier molecular flexibility index (Phi) is 3.24. The molecule has 1 aromatic carbocycles. The summed E-state index contributed by atoms with van der Waals surface area (Å²) in [4.78, 5) is 10.9.